The summed E-state index contributed by atoms with van der Waals surface area (Å²) in [6, 6.07) is 0. The van der Waals surface area contributed by atoms with Crippen LogP contribution in [0.2, 0.25) is 0 Å². The molecule has 0 aromatic heterocycles. The van der Waals surface area contributed by atoms with Crippen molar-refractivity contribution in [2.24, 2.45) is 23.7 Å². The molecule has 0 radical (unpaired) electrons. The fraction of sp³-hybridized carbons (Fsp3) is 0.392. The Morgan fingerprint density at radius 3 is 0.988 bits per heavy atom. The van der Waals surface area contributed by atoms with Crippen LogP contribution in [0, 0.1) is 23.7 Å². The predicted molar refractivity (Wildman–Crippen MR) is 346 cm³/mol. The minimum Gasteiger partial charge on any atom is -0.481 e. The van der Waals surface area contributed by atoms with E-state index in [0.717, 1.165) is 138 Å². The Bertz CT molecular complexity index is 2490. The lowest BCUT2D eigenvalue weighted by Gasteiger charge is -2.06. The van der Waals surface area contributed by atoms with E-state index in [2.05, 4.69) is 107 Å². The van der Waals surface area contributed by atoms with E-state index in [4.69, 9.17) is 15.3 Å². The molecule has 4 aliphatic rings. The monoisotopic (exact) mass is 1110 g/mol. The van der Waals surface area contributed by atoms with Crippen LogP contribution in [0.3, 0.4) is 0 Å². The lowest BCUT2D eigenvalue weighted by atomic mass is 9.97. The Kier molecular flexibility index (Phi) is 45.2. The van der Waals surface area contributed by atoms with E-state index in [1.54, 1.807) is 24.3 Å². The largest absolute Gasteiger partial charge is 0.481 e. The molecular weight excluding hydrogens is 1020 g/mol. The fourth-order valence-electron chi connectivity index (χ4n) is 8.51. The number of hydrogen-bond donors (Lipinski definition) is 3. The summed E-state index contributed by atoms with van der Waals surface area (Å²) in [5.74, 6) is 0.455. The van der Waals surface area contributed by atoms with E-state index in [1.807, 2.05) is 109 Å². The van der Waals surface area contributed by atoms with Gasteiger partial charge in [0.1, 0.15) is 0 Å². The van der Waals surface area contributed by atoms with Crippen molar-refractivity contribution in [3.63, 3.8) is 0 Å². The van der Waals surface area contributed by atoms with Crippen molar-refractivity contribution in [1.82, 2.24) is 0 Å². The Hall–Kier alpha value is -7.13. The third-order valence-corrected chi connectivity index (χ3v) is 13.0. The van der Waals surface area contributed by atoms with E-state index in [-0.39, 0.29) is 66.4 Å². The molecule has 82 heavy (non-hydrogen) atoms. The van der Waals surface area contributed by atoms with Crippen molar-refractivity contribution in [3.8, 4) is 0 Å². The van der Waals surface area contributed by atoms with Crippen LogP contribution in [0.25, 0.3) is 0 Å². The number of allylic oxidation sites excluding steroid dienone is 38. The lowest BCUT2D eigenvalue weighted by molar-refractivity contribution is -0.137. The second-order valence-corrected chi connectivity index (χ2v) is 19.8. The summed E-state index contributed by atoms with van der Waals surface area (Å²) in [7, 11) is 0. The minimum absolute atomic E-state index is 0.0861. The highest BCUT2D eigenvalue weighted by Gasteiger charge is 2.23. The number of aliphatic carboxylic acids is 1. The number of unbranched alkanes of at least 4 members (excludes halogenated alkanes) is 5. The van der Waals surface area contributed by atoms with Gasteiger partial charge < -0.3 is 15.3 Å². The molecule has 0 unspecified atom stereocenters. The van der Waals surface area contributed by atoms with Crippen molar-refractivity contribution in [2.45, 2.75) is 149 Å². The number of carbonyl (C=O) groups is 5. The van der Waals surface area contributed by atoms with E-state index in [1.165, 1.54) is 0 Å². The van der Waals surface area contributed by atoms with Crippen LogP contribution in [0.5, 0.6) is 0 Å². The summed E-state index contributed by atoms with van der Waals surface area (Å²) in [5.41, 5.74) is 3.44. The maximum absolute atomic E-state index is 11.9. The first kappa shape index (κ1) is 72.9. The SMILES string of the molecule is C=CC[C@H]1C=CC(=O)/C1=C/C=C/C/C=C\CC.C=CC[C@H]1C=CC(=O)/C1=C/C=C/C/C=C\CCCCO.CC/C=C\C/C=C/C=C1/C(=O)C=C[C@@H]1C/C=C\CCCC(=O)O.CC/C=C\C/C=C/C=C1/C(=O)C=C[C@@H]1C/C=C\CCCCO. The van der Waals surface area contributed by atoms with Gasteiger partial charge in [-0.25, -0.2) is 0 Å². The van der Waals surface area contributed by atoms with Gasteiger partial charge in [-0.2, -0.15) is 0 Å². The number of rotatable bonds is 35. The van der Waals surface area contributed by atoms with Crippen molar-refractivity contribution >= 4 is 29.1 Å². The highest BCUT2D eigenvalue weighted by Crippen LogP contribution is 2.28. The molecule has 0 fully saturated rings. The van der Waals surface area contributed by atoms with E-state index in [9.17, 15) is 24.0 Å². The zero-order valence-electron chi connectivity index (χ0n) is 49.8. The number of carboxylic acid groups (broad SMARTS) is 1. The standard InChI is InChI=1S/C20H26O3.C20H28O2.C18H24O2.C16H20O/c1-2-3-4-5-6-10-13-18-17(15-16-19(18)21)12-9-7-8-11-14-20(22)23;1-2-3-4-5-8-11-14-19-18(15-16-20(19)22)13-10-7-6-9-12-17-21;1-2-11-16-13-14-18(20)17(16)12-9-7-5-3-4-6-8-10-15-19;1-3-5-6-7-8-9-11-15-14(10-4-2)12-13-16(15)17/h3-4,6-7,9-10,13,15-17H,2,5,8,11-12,14H2,1H3,(H,22,23);3-4,7-8,10-11,14-16,18,21H,2,5-6,9,12-13,17H2,1H3;2-4,7,9,12-14,16,19H,1,5-6,8,10-11,15H2;4-6,8-9,11-14H,2-3,7,10H2,1H3/b4-3-,9-7-,10-6+,18-13+;4-3-,10-7-,11-8+,19-14+;4-3-,9-7+,17-12+;6-5-,9-8+,15-11+/t17-;18-;16-;14-/m0000/s1. The second-order valence-electron chi connectivity index (χ2n) is 19.8. The number of carboxylic acids is 1. The second kappa shape index (κ2) is 50.8. The molecule has 4 rings (SSSR count). The maximum Gasteiger partial charge on any atom is 0.303 e. The fourth-order valence-corrected chi connectivity index (χ4v) is 8.51. The van der Waals surface area contributed by atoms with Gasteiger partial charge in [-0.15, -0.1) is 13.2 Å². The molecule has 0 aliphatic heterocycles. The lowest BCUT2D eigenvalue weighted by Crippen LogP contribution is -2.01. The minimum atomic E-state index is -0.756. The Balaban J connectivity index is 0.000000550. The average Bonchev–Trinajstić information content (AvgIpc) is 4.27. The van der Waals surface area contributed by atoms with Crippen LogP contribution in [-0.4, -0.2) is 57.6 Å². The van der Waals surface area contributed by atoms with Gasteiger partial charge in [0.2, 0.25) is 0 Å². The summed E-state index contributed by atoms with van der Waals surface area (Å²) < 4.78 is 0. The summed E-state index contributed by atoms with van der Waals surface area (Å²) in [5, 5.41) is 25.9. The van der Waals surface area contributed by atoms with Gasteiger partial charge in [-0.3, -0.25) is 24.0 Å². The van der Waals surface area contributed by atoms with Crippen LogP contribution in [0.4, 0.5) is 0 Å². The highest BCUT2D eigenvalue weighted by molar-refractivity contribution is 6.09. The van der Waals surface area contributed by atoms with Gasteiger partial charge in [0.05, 0.1) is 0 Å². The number of aliphatic hydroxyl groups excluding tert-OH is 2. The number of carbonyl (C=O) groups excluding carboxylic acids is 4. The van der Waals surface area contributed by atoms with Crippen LogP contribution in [-0.2, 0) is 24.0 Å². The molecule has 0 saturated carbocycles. The van der Waals surface area contributed by atoms with E-state index < -0.39 is 5.97 Å². The van der Waals surface area contributed by atoms with Crippen molar-refractivity contribution < 1.29 is 39.3 Å². The summed E-state index contributed by atoms with van der Waals surface area (Å²) in [4.78, 5) is 57.4. The molecule has 0 aromatic rings. The van der Waals surface area contributed by atoms with Crippen LogP contribution < -0.4 is 0 Å². The Labute approximate surface area is 494 Å². The number of hydrogen-bond acceptors (Lipinski definition) is 7. The molecule has 0 heterocycles. The Morgan fingerprint density at radius 2 is 0.695 bits per heavy atom. The molecule has 0 saturated heterocycles. The maximum atomic E-state index is 11.9. The summed E-state index contributed by atoms with van der Waals surface area (Å²) in [6.07, 6.45) is 84.8. The number of ketones is 4. The van der Waals surface area contributed by atoms with Crippen LogP contribution in [0.15, 0.2) is 242 Å². The first-order chi connectivity index (χ1) is 40.0. The van der Waals surface area contributed by atoms with Gasteiger partial charge in [0, 0.05) is 65.6 Å². The zero-order chi connectivity index (χ0) is 60.1. The molecule has 4 atom stereocenters. The van der Waals surface area contributed by atoms with E-state index >= 15 is 0 Å². The van der Waals surface area contributed by atoms with Crippen molar-refractivity contribution in [3.05, 3.63) is 242 Å². The summed E-state index contributed by atoms with van der Waals surface area (Å²) in [6.45, 7) is 14.3. The van der Waals surface area contributed by atoms with Gasteiger partial charge in [0.15, 0.2) is 23.1 Å². The van der Waals surface area contributed by atoms with Gasteiger partial charge >= 0.3 is 5.97 Å². The van der Waals surface area contributed by atoms with Crippen LogP contribution >= 0.6 is 0 Å². The Morgan fingerprint density at radius 1 is 0.402 bits per heavy atom. The first-order valence-electron chi connectivity index (χ1n) is 29.9. The third-order valence-electron chi connectivity index (χ3n) is 13.0. The van der Waals surface area contributed by atoms with Gasteiger partial charge in [0.25, 0.3) is 0 Å². The third kappa shape index (κ3) is 35.6. The average molecular weight is 1120 g/mol. The molecule has 8 heteroatoms. The first-order valence-corrected chi connectivity index (χ1v) is 29.9. The molecule has 0 aromatic carbocycles. The smallest absolute Gasteiger partial charge is 0.303 e. The molecule has 0 bridgehead atoms. The van der Waals surface area contributed by atoms with Crippen molar-refractivity contribution in [1.29, 1.82) is 0 Å². The molecule has 3 N–H and O–H groups in total. The quantitative estimate of drug-likeness (QED) is 0.0323. The van der Waals surface area contributed by atoms with Crippen molar-refractivity contribution in [2.75, 3.05) is 13.2 Å². The summed E-state index contributed by atoms with van der Waals surface area (Å²) >= 11 is 0. The van der Waals surface area contributed by atoms with Gasteiger partial charge in [-0.05, 0) is 146 Å². The predicted octanol–water partition coefficient (Wildman–Crippen LogP) is 17.5. The molecule has 0 spiro atoms. The highest BCUT2D eigenvalue weighted by atomic mass is 16.4. The van der Waals surface area contributed by atoms with Gasteiger partial charge in [-0.1, -0.05) is 203 Å². The molecule has 0 amide bonds. The van der Waals surface area contributed by atoms with Crippen LogP contribution in [0.1, 0.15) is 149 Å². The molecular formula is C74H98O8. The topological polar surface area (TPSA) is 146 Å². The van der Waals surface area contributed by atoms with E-state index in [0.29, 0.717) is 6.42 Å². The molecule has 442 valence electrons. The number of aliphatic hydroxyl groups is 2. The molecule has 4 aliphatic carbocycles. The normalized spacial score (nSPS) is 20.8. The molecule has 8 nitrogen and oxygen atoms in total. The zero-order valence-corrected chi connectivity index (χ0v) is 49.8.